The second-order valence-corrected chi connectivity index (χ2v) is 7.22. The Kier molecular flexibility index (Phi) is 5.11. The van der Waals surface area contributed by atoms with Crippen LogP contribution in [-0.2, 0) is 4.79 Å². The maximum absolute atomic E-state index is 13.0. The van der Waals surface area contributed by atoms with Crippen molar-refractivity contribution in [3.05, 3.63) is 0 Å². The Labute approximate surface area is 124 Å². The first-order chi connectivity index (χ1) is 9.52. The summed E-state index contributed by atoms with van der Waals surface area (Å²) >= 11 is 0. The molecule has 20 heavy (non-hydrogen) atoms. The minimum atomic E-state index is -0.203. The minimum absolute atomic E-state index is 0.203. The molecular formula is C17H32N2O. The Bertz CT molecular complexity index is 330. The summed E-state index contributed by atoms with van der Waals surface area (Å²) in [7, 11) is 0. The number of nitrogens with zero attached hydrogens (tertiary/aromatic N) is 1. The number of hydrogen-bond donors (Lipinski definition) is 1. The van der Waals surface area contributed by atoms with Crippen LogP contribution in [-0.4, -0.2) is 29.1 Å². The summed E-state index contributed by atoms with van der Waals surface area (Å²) < 4.78 is 0. The standard InChI is InChI=1S/C17H32N2O/c1-5-14(6-2)12-19-15(11-13(3)4)18-17(16(19)20)9-7-8-10-17/h13-15,18H,5-12H2,1-4H3. The summed E-state index contributed by atoms with van der Waals surface area (Å²) in [6, 6.07) is 0. The normalized spacial score (nSPS) is 25.6. The van der Waals surface area contributed by atoms with Crippen molar-refractivity contribution in [3.8, 4) is 0 Å². The van der Waals surface area contributed by atoms with Gasteiger partial charge in [-0.2, -0.15) is 0 Å². The molecule has 0 aromatic heterocycles. The quantitative estimate of drug-likeness (QED) is 0.807. The zero-order valence-electron chi connectivity index (χ0n) is 13.7. The Morgan fingerprint density at radius 2 is 1.85 bits per heavy atom. The van der Waals surface area contributed by atoms with Crippen LogP contribution in [0.5, 0.6) is 0 Å². The molecular weight excluding hydrogens is 248 g/mol. The van der Waals surface area contributed by atoms with Gasteiger partial charge in [-0.3, -0.25) is 10.1 Å². The molecule has 1 amide bonds. The van der Waals surface area contributed by atoms with Crippen molar-refractivity contribution in [1.29, 1.82) is 0 Å². The Morgan fingerprint density at radius 1 is 1.25 bits per heavy atom. The first-order valence-corrected chi connectivity index (χ1v) is 8.61. The Balaban J connectivity index is 2.13. The molecule has 2 aliphatic rings. The van der Waals surface area contributed by atoms with Gasteiger partial charge in [0.1, 0.15) is 0 Å². The molecule has 3 nitrogen and oxygen atoms in total. The highest BCUT2D eigenvalue weighted by Crippen LogP contribution is 2.38. The maximum atomic E-state index is 13.0. The molecule has 1 unspecified atom stereocenters. The first kappa shape index (κ1) is 15.8. The van der Waals surface area contributed by atoms with Crippen molar-refractivity contribution in [2.24, 2.45) is 11.8 Å². The van der Waals surface area contributed by atoms with E-state index in [-0.39, 0.29) is 11.7 Å². The molecule has 1 saturated heterocycles. The lowest BCUT2D eigenvalue weighted by atomic mass is 9.97. The van der Waals surface area contributed by atoms with E-state index >= 15 is 0 Å². The highest BCUT2D eigenvalue weighted by molar-refractivity contribution is 5.89. The lowest BCUT2D eigenvalue weighted by Crippen LogP contribution is -2.44. The molecule has 3 heteroatoms. The molecule has 1 spiro atoms. The van der Waals surface area contributed by atoms with Crippen LogP contribution in [0.4, 0.5) is 0 Å². The van der Waals surface area contributed by atoms with Crippen molar-refractivity contribution in [2.45, 2.75) is 84.3 Å². The fourth-order valence-electron chi connectivity index (χ4n) is 3.88. The van der Waals surface area contributed by atoms with E-state index in [0.717, 1.165) is 25.8 Å². The van der Waals surface area contributed by atoms with Gasteiger partial charge in [0.2, 0.25) is 5.91 Å². The predicted octanol–water partition coefficient (Wildman–Crippen LogP) is 3.54. The van der Waals surface area contributed by atoms with Crippen LogP contribution in [0.15, 0.2) is 0 Å². The molecule has 116 valence electrons. The smallest absolute Gasteiger partial charge is 0.244 e. The van der Waals surface area contributed by atoms with E-state index in [1.165, 1.54) is 25.7 Å². The number of rotatable bonds is 6. The van der Waals surface area contributed by atoms with Crippen molar-refractivity contribution in [1.82, 2.24) is 10.2 Å². The molecule has 0 bridgehead atoms. The van der Waals surface area contributed by atoms with Crippen LogP contribution in [0.25, 0.3) is 0 Å². The van der Waals surface area contributed by atoms with E-state index in [2.05, 4.69) is 37.9 Å². The van der Waals surface area contributed by atoms with Gasteiger partial charge in [-0.15, -0.1) is 0 Å². The van der Waals surface area contributed by atoms with Gasteiger partial charge in [-0.05, 0) is 31.1 Å². The van der Waals surface area contributed by atoms with Gasteiger partial charge in [0.15, 0.2) is 0 Å². The summed E-state index contributed by atoms with van der Waals surface area (Å²) in [6.45, 7) is 9.93. The fourth-order valence-corrected chi connectivity index (χ4v) is 3.88. The molecule has 2 rings (SSSR count). The van der Waals surface area contributed by atoms with E-state index in [0.29, 0.717) is 17.7 Å². The number of hydrogen-bond acceptors (Lipinski definition) is 2. The zero-order valence-corrected chi connectivity index (χ0v) is 13.7. The molecule has 1 saturated carbocycles. The van der Waals surface area contributed by atoms with Gasteiger partial charge >= 0.3 is 0 Å². The maximum Gasteiger partial charge on any atom is 0.244 e. The number of amides is 1. The number of carbonyl (C=O) groups excluding carboxylic acids is 1. The van der Waals surface area contributed by atoms with Crippen molar-refractivity contribution in [2.75, 3.05) is 6.54 Å². The Morgan fingerprint density at radius 3 is 2.35 bits per heavy atom. The average Bonchev–Trinajstić information content (AvgIpc) is 2.96. The van der Waals surface area contributed by atoms with E-state index in [1.54, 1.807) is 0 Å². The molecule has 0 aromatic rings. The number of nitrogens with one attached hydrogen (secondary N) is 1. The van der Waals surface area contributed by atoms with Crippen molar-refractivity contribution < 1.29 is 4.79 Å². The summed E-state index contributed by atoms with van der Waals surface area (Å²) in [5, 5.41) is 3.73. The highest BCUT2D eigenvalue weighted by Gasteiger charge is 2.52. The van der Waals surface area contributed by atoms with Crippen LogP contribution in [0.2, 0.25) is 0 Å². The van der Waals surface area contributed by atoms with Crippen LogP contribution in [0.3, 0.4) is 0 Å². The molecule has 2 fully saturated rings. The largest absolute Gasteiger partial charge is 0.325 e. The Hall–Kier alpha value is -0.570. The summed E-state index contributed by atoms with van der Waals surface area (Å²) in [6.07, 6.45) is 8.16. The third-order valence-electron chi connectivity index (χ3n) is 5.25. The van der Waals surface area contributed by atoms with E-state index in [4.69, 9.17) is 0 Å². The summed E-state index contributed by atoms with van der Waals surface area (Å²) in [4.78, 5) is 15.1. The van der Waals surface area contributed by atoms with Gasteiger partial charge in [-0.1, -0.05) is 53.4 Å². The molecule has 1 heterocycles. The third kappa shape index (κ3) is 3.03. The molecule has 1 aliphatic heterocycles. The van der Waals surface area contributed by atoms with Crippen molar-refractivity contribution in [3.63, 3.8) is 0 Å². The van der Waals surface area contributed by atoms with Gasteiger partial charge in [-0.25, -0.2) is 0 Å². The lowest BCUT2D eigenvalue weighted by Gasteiger charge is -2.29. The van der Waals surface area contributed by atoms with E-state index < -0.39 is 0 Å². The summed E-state index contributed by atoms with van der Waals surface area (Å²) in [5.74, 6) is 1.67. The summed E-state index contributed by atoms with van der Waals surface area (Å²) in [5.41, 5.74) is -0.203. The molecule has 1 N–H and O–H groups in total. The second-order valence-electron chi connectivity index (χ2n) is 7.22. The van der Waals surface area contributed by atoms with Crippen LogP contribution in [0.1, 0.15) is 72.6 Å². The van der Waals surface area contributed by atoms with Crippen LogP contribution >= 0.6 is 0 Å². The topological polar surface area (TPSA) is 32.3 Å². The van der Waals surface area contributed by atoms with Crippen LogP contribution in [0, 0.1) is 11.8 Å². The van der Waals surface area contributed by atoms with Gasteiger partial charge in [0, 0.05) is 6.54 Å². The molecule has 0 radical (unpaired) electrons. The number of carbonyl (C=O) groups is 1. The predicted molar refractivity (Wildman–Crippen MR) is 83.4 cm³/mol. The lowest BCUT2D eigenvalue weighted by molar-refractivity contribution is -0.133. The van der Waals surface area contributed by atoms with Crippen LogP contribution < -0.4 is 5.32 Å². The first-order valence-electron chi connectivity index (χ1n) is 8.61. The monoisotopic (exact) mass is 280 g/mol. The van der Waals surface area contributed by atoms with Gasteiger partial charge < -0.3 is 4.90 Å². The molecule has 1 aliphatic carbocycles. The van der Waals surface area contributed by atoms with E-state index in [9.17, 15) is 4.79 Å². The second kappa shape index (κ2) is 6.46. The SMILES string of the molecule is CCC(CC)CN1C(=O)C2(CCCC2)NC1CC(C)C. The third-order valence-corrected chi connectivity index (χ3v) is 5.25. The average molecular weight is 280 g/mol. The minimum Gasteiger partial charge on any atom is -0.325 e. The van der Waals surface area contributed by atoms with Crippen molar-refractivity contribution >= 4 is 5.91 Å². The van der Waals surface area contributed by atoms with Gasteiger partial charge in [0.25, 0.3) is 0 Å². The molecule has 1 atom stereocenters. The van der Waals surface area contributed by atoms with Gasteiger partial charge in [0.05, 0.1) is 11.7 Å². The highest BCUT2D eigenvalue weighted by atomic mass is 16.2. The fraction of sp³-hybridized carbons (Fsp3) is 0.941. The van der Waals surface area contributed by atoms with E-state index in [1.807, 2.05) is 0 Å². The zero-order chi connectivity index (χ0) is 14.8. The molecule has 0 aromatic carbocycles.